The number of piperidine rings is 1. The van der Waals surface area contributed by atoms with E-state index in [0.717, 1.165) is 25.9 Å². The molecular formula is C16H22N2O3. The molecule has 2 aliphatic rings. The number of fused-ring (bicyclic) bond motifs is 1. The fraction of sp³-hybridized carbons (Fsp3) is 0.562. The molecule has 1 amide bonds. The summed E-state index contributed by atoms with van der Waals surface area (Å²) in [6.45, 7) is 4.97. The smallest absolute Gasteiger partial charge is 0.267 e. The molecule has 1 N–H and O–H groups in total. The molecule has 5 nitrogen and oxygen atoms in total. The number of nitrogens with zero attached hydrogens (tertiary/aromatic N) is 1. The third kappa shape index (κ3) is 2.97. The lowest BCUT2D eigenvalue weighted by Crippen LogP contribution is -2.52. The highest BCUT2D eigenvalue weighted by Crippen LogP contribution is 2.31. The standard InChI is InChI=1S/C16H22N2O3/c1-2-18(12-7-9-17-10-8-12)16(19)15-11-20-13-5-3-4-6-14(13)21-15/h3-6,12,15,17H,2,7-11H2,1H3. The molecule has 1 aromatic rings. The molecule has 0 spiro atoms. The number of amides is 1. The molecular weight excluding hydrogens is 268 g/mol. The Bertz CT molecular complexity index is 500. The summed E-state index contributed by atoms with van der Waals surface area (Å²) in [6, 6.07) is 7.80. The Morgan fingerprint density at radius 1 is 1.29 bits per heavy atom. The Morgan fingerprint density at radius 3 is 2.71 bits per heavy atom. The first-order valence-corrected chi connectivity index (χ1v) is 7.69. The van der Waals surface area contributed by atoms with Gasteiger partial charge in [0.05, 0.1) is 0 Å². The maximum atomic E-state index is 12.7. The predicted octanol–water partition coefficient (Wildman–Crippen LogP) is 1.43. The Kier molecular flexibility index (Phi) is 4.29. The molecule has 0 aromatic heterocycles. The van der Waals surface area contributed by atoms with Crippen LogP contribution >= 0.6 is 0 Å². The third-order valence-electron chi connectivity index (χ3n) is 4.16. The number of nitrogens with one attached hydrogen (secondary N) is 1. The van der Waals surface area contributed by atoms with Gasteiger partial charge in [-0.15, -0.1) is 0 Å². The van der Waals surface area contributed by atoms with Crippen LogP contribution in [0.5, 0.6) is 11.5 Å². The summed E-state index contributed by atoms with van der Waals surface area (Å²) in [5, 5.41) is 3.33. The van der Waals surface area contributed by atoms with Gasteiger partial charge in [-0.05, 0) is 45.0 Å². The van der Waals surface area contributed by atoms with E-state index in [4.69, 9.17) is 9.47 Å². The molecule has 0 saturated carbocycles. The zero-order valence-electron chi connectivity index (χ0n) is 12.4. The fourth-order valence-corrected chi connectivity index (χ4v) is 3.04. The Hall–Kier alpha value is -1.75. The highest BCUT2D eigenvalue weighted by atomic mass is 16.6. The summed E-state index contributed by atoms with van der Waals surface area (Å²) in [7, 11) is 0. The van der Waals surface area contributed by atoms with Crippen molar-refractivity contribution in [1.82, 2.24) is 10.2 Å². The van der Waals surface area contributed by atoms with Crippen molar-refractivity contribution in [3.8, 4) is 11.5 Å². The Balaban J connectivity index is 1.69. The molecule has 1 aromatic carbocycles. The van der Waals surface area contributed by atoms with Crippen LogP contribution < -0.4 is 14.8 Å². The highest BCUT2D eigenvalue weighted by molar-refractivity contribution is 5.82. The van der Waals surface area contributed by atoms with Crippen molar-refractivity contribution in [2.24, 2.45) is 0 Å². The summed E-state index contributed by atoms with van der Waals surface area (Å²) in [4.78, 5) is 14.7. The quantitative estimate of drug-likeness (QED) is 0.915. The van der Waals surface area contributed by atoms with E-state index in [-0.39, 0.29) is 12.5 Å². The van der Waals surface area contributed by atoms with E-state index in [1.807, 2.05) is 36.1 Å². The van der Waals surface area contributed by atoms with Crippen LogP contribution in [-0.2, 0) is 4.79 Å². The van der Waals surface area contributed by atoms with E-state index in [9.17, 15) is 4.79 Å². The van der Waals surface area contributed by atoms with E-state index in [0.29, 0.717) is 24.1 Å². The van der Waals surface area contributed by atoms with E-state index in [2.05, 4.69) is 5.32 Å². The van der Waals surface area contributed by atoms with Gasteiger partial charge in [-0.3, -0.25) is 4.79 Å². The lowest BCUT2D eigenvalue weighted by atomic mass is 10.0. The Morgan fingerprint density at radius 2 is 2.00 bits per heavy atom. The molecule has 1 saturated heterocycles. The van der Waals surface area contributed by atoms with Crippen molar-refractivity contribution in [1.29, 1.82) is 0 Å². The number of benzene rings is 1. The van der Waals surface area contributed by atoms with Crippen LogP contribution in [0.25, 0.3) is 0 Å². The molecule has 1 fully saturated rings. The van der Waals surface area contributed by atoms with Gasteiger partial charge in [-0.25, -0.2) is 0 Å². The van der Waals surface area contributed by atoms with E-state index >= 15 is 0 Å². The van der Waals surface area contributed by atoms with Crippen molar-refractivity contribution in [3.63, 3.8) is 0 Å². The monoisotopic (exact) mass is 290 g/mol. The SMILES string of the molecule is CCN(C(=O)C1COc2ccccc2O1)C1CCNCC1. The molecule has 3 rings (SSSR count). The van der Waals surface area contributed by atoms with Crippen LogP contribution in [0.2, 0.25) is 0 Å². The zero-order valence-corrected chi connectivity index (χ0v) is 12.4. The fourth-order valence-electron chi connectivity index (χ4n) is 3.04. The third-order valence-corrected chi connectivity index (χ3v) is 4.16. The van der Waals surface area contributed by atoms with Gasteiger partial charge in [0.15, 0.2) is 11.5 Å². The van der Waals surface area contributed by atoms with Crippen molar-refractivity contribution in [2.45, 2.75) is 31.9 Å². The van der Waals surface area contributed by atoms with Crippen molar-refractivity contribution in [3.05, 3.63) is 24.3 Å². The Labute approximate surface area is 125 Å². The maximum absolute atomic E-state index is 12.7. The molecule has 2 aliphatic heterocycles. The largest absolute Gasteiger partial charge is 0.485 e. The number of likely N-dealkylation sites (N-methyl/N-ethyl adjacent to an activating group) is 1. The van der Waals surface area contributed by atoms with Crippen LogP contribution in [0.15, 0.2) is 24.3 Å². The molecule has 0 aliphatic carbocycles. The second-order valence-electron chi connectivity index (χ2n) is 5.47. The minimum atomic E-state index is -0.533. The first kappa shape index (κ1) is 14.2. The average Bonchev–Trinajstić information content (AvgIpc) is 2.56. The summed E-state index contributed by atoms with van der Waals surface area (Å²) in [6.07, 6.45) is 1.47. The summed E-state index contributed by atoms with van der Waals surface area (Å²) in [5.41, 5.74) is 0. The molecule has 0 bridgehead atoms. The van der Waals surface area contributed by atoms with Gasteiger partial charge >= 0.3 is 0 Å². The van der Waals surface area contributed by atoms with Gasteiger partial charge in [-0.1, -0.05) is 12.1 Å². The van der Waals surface area contributed by atoms with Crippen LogP contribution in [-0.4, -0.2) is 49.2 Å². The molecule has 1 atom stereocenters. The van der Waals surface area contributed by atoms with E-state index in [1.54, 1.807) is 0 Å². The van der Waals surface area contributed by atoms with E-state index < -0.39 is 6.10 Å². The van der Waals surface area contributed by atoms with Gasteiger partial charge in [0.1, 0.15) is 6.61 Å². The zero-order chi connectivity index (χ0) is 14.7. The normalized spacial score (nSPS) is 21.9. The maximum Gasteiger partial charge on any atom is 0.267 e. The highest BCUT2D eigenvalue weighted by Gasteiger charge is 2.33. The van der Waals surface area contributed by atoms with E-state index in [1.165, 1.54) is 0 Å². The first-order valence-electron chi connectivity index (χ1n) is 7.69. The van der Waals surface area contributed by atoms with Crippen LogP contribution in [0.4, 0.5) is 0 Å². The topological polar surface area (TPSA) is 50.8 Å². The summed E-state index contributed by atoms with van der Waals surface area (Å²) in [5.74, 6) is 1.41. The predicted molar refractivity (Wildman–Crippen MR) is 79.6 cm³/mol. The van der Waals surface area contributed by atoms with Gasteiger partial charge < -0.3 is 19.7 Å². The van der Waals surface area contributed by atoms with Crippen molar-refractivity contribution < 1.29 is 14.3 Å². The van der Waals surface area contributed by atoms with Gasteiger partial charge in [-0.2, -0.15) is 0 Å². The molecule has 1 unspecified atom stereocenters. The second kappa shape index (κ2) is 6.35. The van der Waals surface area contributed by atoms with Gasteiger partial charge in [0, 0.05) is 12.6 Å². The average molecular weight is 290 g/mol. The minimum Gasteiger partial charge on any atom is -0.485 e. The number of ether oxygens (including phenoxy) is 2. The lowest BCUT2D eigenvalue weighted by Gasteiger charge is -2.37. The number of para-hydroxylation sites is 2. The van der Waals surface area contributed by atoms with Crippen molar-refractivity contribution >= 4 is 5.91 Å². The number of rotatable bonds is 3. The van der Waals surface area contributed by atoms with Crippen LogP contribution in [0.1, 0.15) is 19.8 Å². The van der Waals surface area contributed by atoms with Crippen LogP contribution in [0.3, 0.4) is 0 Å². The lowest BCUT2D eigenvalue weighted by molar-refractivity contribution is -0.143. The number of hydrogen-bond donors (Lipinski definition) is 1. The summed E-state index contributed by atoms with van der Waals surface area (Å²) >= 11 is 0. The first-order chi connectivity index (χ1) is 10.3. The molecule has 21 heavy (non-hydrogen) atoms. The number of hydrogen-bond acceptors (Lipinski definition) is 4. The molecule has 0 radical (unpaired) electrons. The molecule has 2 heterocycles. The van der Waals surface area contributed by atoms with Gasteiger partial charge in [0.2, 0.25) is 6.10 Å². The molecule has 114 valence electrons. The molecule has 5 heteroatoms. The van der Waals surface area contributed by atoms with Gasteiger partial charge in [0.25, 0.3) is 5.91 Å². The van der Waals surface area contributed by atoms with Crippen molar-refractivity contribution in [2.75, 3.05) is 26.2 Å². The summed E-state index contributed by atoms with van der Waals surface area (Å²) < 4.78 is 11.5. The minimum absolute atomic E-state index is 0.0407. The number of carbonyl (C=O) groups excluding carboxylic acids is 1. The van der Waals surface area contributed by atoms with Crippen LogP contribution in [0, 0.1) is 0 Å². The number of carbonyl (C=O) groups is 1. The second-order valence-corrected chi connectivity index (χ2v) is 5.47.